The van der Waals surface area contributed by atoms with Crippen molar-refractivity contribution in [2.75, 3.05) is 26.7 Å². The first kappa shape index (κ1) is 22.7. The molecule has 4 nitrogen and oxygen atoms in total. The third-order valence-electron chi connectivity index (χ3n) is 5.01. The van der Waals surface area contributed by atoms with Crippen molar-refractivity contribution >= 4 is 29.9 Å². The summed E-state index contributed by atoms with van der Waals surface area (Å²) < 4.78 is 6.12. The quantitative estimate of drug-likeness (QED) is 0.355. The summed E-state index contributed by atoms with van der Waals surface area (Å²) in [6, 6.07) is 21.1. The molecule has 2 aromatic rings. The van der Waals surface area contributed by atoms with E-state index in [1.165, 1.54) is 11.1 Å². The summed E-state index contributed by atoms with van der Waals surface area (Å²) in [6.07, 6.45) is 2.41. The third kappa shape index (κ3) is 6.48. The summed E-state index contributed by atoms with van der Waals surface area (Å²) in [4.78, 5) is 7.15. The van der Waals surface area contributed by atoms with Crippen molar-refractivity contribution < 1.29 is 4.74 Å². The molecule has 3 rings (SSSR count). The first-order valence-electron chi connectivity index (χ1n) is 9.98. The molecule has 2 aromatic carbocycles. The lowest BCUT2D eigenvalue weighted by molar-refractivity contribution is -0.0250. The molecule has 5 heteroatoms. The first-order valence-corrected chi connectivity index (χ1v) is 9.98. The molecule has 2 unspecified atom stereocenters. The number of aliphatic imine (C=N–C) groups is 1. The standard InChI is InChI=1S/C23H31N3O.HI/c1-3-24-23(26(2)18-19-11-6-4-7-12-19)25-17-21-15-10-16-27-22(21)20-13-8-5-9-14-20;/h4-9,11-14,21-22H,3,10,15-18H2,1-2H3,(H,24,25);1H. The van der Waals surface area contributed by atoms with Gasteiger partial charge in [-0.1, -0.05) is 60.7 Å². The van der Waals surface area contributed by atoms with Gasteiger partial charge in [0.05, 0.1) is 6.10 Å². The Labute approximate surface area is 186 Å². The van der Waals surface area contributed by atoms with Gasteiger partial charge in [0.25, 0.3) is 0 Å². The van der Waals surface area contributed by atoms with Crippen LogP contribution in [0.5, 0.6) is 0 Å². The molecule has 1 fully saturated rings. The predicted molar refractivity (Wildman–Crippen MR) is 127 cm³/mol. The number of nitrogens with zero attached hydrogens (tertiary/aromatic N) is 2. The van der Waals surface area contributed by atoms with Crippen LogP contribution < -0.4 is 5.32 Å². The molecular weight excluding hydrogens is 461 g/mol. The Morgan fingerprint density at radius 2 is 1.79 bits per heavy atom. The van der Waals surface area contributed by atoms with Gasteiger partial charge in [0, 0.05) is 39.2 Å². The van der Waals surface area contributed by atoms with Gasteiger partial charge in [0.1, 0.15) is 0 Å². The van der Waals surface area contributed by atoms with Crippen LogP contribution >= 0.6 is 24.0 Å². The number of guanidine groups is 1. The van der Waals surface area contributed by atoms with E-state index in [-0.39, 0.29) is 30.1 Å². The van der Waals surface area contributed by atoms with Gasteiger partial charge in [-0.3, -0.25) is 4.99 Å². The molecule has 0 bridgehead atoms. The molecule has 0 aliphatic carbocycles. The smallest absolute Gasteiger partial charge is 0.193 e. The lowest BCUT2D eigenvalue weighted by Crippen LogP contribution is -2.39. The lowest BCUT2D eigenvalue weighted by atomic mass is 9.89. The zero-order valence-electron chi connectivity index (χ0n) is 16.9. The predicted octanol–water partition coefficient (Wildman–Crippen LogP) is 4.87. The fraction of sp³-hybridized carbons (Fsp3) is 0.435. The summed E-state index contributed by atoms with van der Waals surface area (Å²) in [5.74, 6) is 1.37. The molecule has 0 aromatic heterocycles. The maximum Gasteiger partial charge on any atom is 0.193 e. The van der Waals surface area contributed by atoms with Gasteiger partial charge >= 0.3 is 0 Å². The number of ether oxygens (including phenoxy) is 1. The average molecular weight is 493 g/mol. The average Bonchev–Trinajstić information content (AvgIpc) is 2.72. The molecule has 28 heavy (non-hydrogen) atoms. The molecule has 1 N–H and O–H groups in total. The number of rotatable bonds is 6. The number of hydrogen-bond acceptors (Lipinski definition) is 2. The highest BCUT2D eigenvalue weighted by atomic mass is 127. The summed E-state index contributed by atoms with van der Waals surface area (Å²) in [5, 5.41) is 3.43. The Hall–Kier alpha value is -1.60. The van der Waals surface area contributed by atoms with E-state index in [0.717, 1.165) is 45.0 Å². The van der Waals surface area contributed by atoms with Gasteiger partial charge in [-0.05, 0) is 30.9 Å². The molecule has 1 saturated heterocycles. The summed E-state index contributed by atoms with van der Waals surface area (Å²) >= 11 is 0. The SMILES string of the molecule is CCNC(=NCC1CCCOC1c1ccccc1)N(C)Cc1ccccc1.I. The molecule has 0 amide bonds. The Morgan fingerprint density at radius 1 is 1.11 bits per heavy atom. The number of nitrogens with one attached hydrogen (secondary N) is 1. The van der Waals surface area contributed by atoms with Crippen LogP contribution in [0.1, 0.15) is 37.0 Å². The Bertz CT molecular complexity index is 708. The minimum atomic E-state index is 0. The van der Waals surface area contributed by atoms with E-state index in [1.807, 2.05) is 0 Å². The van der Waals surface area contributed by atoms with Crippen molar-refractivity contribution in [3.63, 3.8) is 0 Å². The molecular formula is C23H32IN3O. The van der Waals surface area contributed by atoms with E-state index >= 15 is 0 Å². The maximum absolute atomic E-state index is 6.12. The van der Waals surface area contributed by atoms with Crippen molar-refractivity contribution in [1.82, 2.24) is 10.2 Å². The van der Waals surface area contributed by atoms with Crippen molar-refractivity contribution in [3.8, 4) is 0 Å². The largest absolute Gasteiger partial charge is 0.373 e. The fourth-order valence-electron chi connectivity index (χ4n) is 3.65. The van der Waals surface area contributed by atoms with Crippen LogP contribution in [-0.2, 0) is 11.3 Å². The van der Waals surface area contributed by atoms with Gasteiger partial charge in [-0.2, -0.15) is 0 Å². The van der Waals surface area contributed by atoms with E-state index in [2.05, 4.69) is 84.9 Å². The van der Waals surface area contributed by atoms with Crippen LogP contribution in [0, 0.1) is 5.92 Å². The van der Waals surface area contributed by atoms with E-state index < -0.39 is 0 Å². The van der Waals surface area contributed by atoms with Crippen LogP contribution in [0.25, 0.3) is 0 Å². The van der Waals surface area contributed by atoms with Crippen LogP contribution in [0.4, 0.5) is 0 Å². The Kier molecular flexibility index (Phi) is 9.78. The zero-order valence-corrected chi connectivity index (χ0v) is 19.2. The highest BCUT2D eigenvalue weighted by molar-refractivity contribution is 14.0. The lowest BCUT2D eigenvalue weighted by Gasteiger charge is -2.32. The van der Waals surface area contributed by atoms with Crippen molar-refractivity contribution in [2.45, 2.75) is 32.4 Å². The molecule has 1 aliphatic heterocycles. The van der Waals surface area contributed by atoms with E-state index in [1.54, 1.807) is 0 Å². The minimum absolute atomic E-state index is 0. The molecule has 1 aliphatic rings. The van der Waals surface area contributed by atoms with Crippen LogP contribution in [0.3, 0.4) is 0 Å². The van der Waals surface area contributed by atoms with Gasteiger partial charge in [-0.25, -0.2) is 0 Å². The van der Waals surface area contributed by atoms with Crippen molar-refractivity contribution in [1.29, 1.82) is 0 Å². The van der Waals surface area contributed by atoms with Crippen molar-refractivity contribution in [2.24, 2.45) is 10.9 Å². The molecule has 152 valence electrons. The van der Waals surface area contributed by atoms with E-state index in [0.29, 0.717) is 5.92 Å². The van der Waals surface area contributed by atoms with Crippen LogP contribution in [0.2, 0.25) is 0 Å². The second-order valence-electron chi connectivity index (χ2n) is 7.14. The fourth-order valence-corrected chi connectivity index (χ4v) is 3.65. The monoisotopic (exact) mass is 493 g/mol. The normalized spacial score (nSPS) is 19.6. The molecule has 1 heterocycles. The first-order chi connectivity index (χ1) is 13.3. The Morgan fingerprint density at radius 3 is 2.46 bits per heavy atom. The molecule has 0 saturated carbocycles. The minimum Gasteiger partial charge on any atom is -0.373 e. The van der Waals surface area contributed by atoms with Gasteiger partial charge in [0.2, 0.25) is 0 Å². The number of halogens is 1. The van der Waals surface area contributed by atoms with Gasteiger partial charge < -0.3 is 15.0 Å². The van der Waals surface area contributed by atoms with Crippen LogP contribution in [-0.4, -0.2) is 37.6 Å². The maximum atomic E-state index is 6.12. The number of hydrogen-bond donors (Lipinski definition) is 1. The summed E-state index contributed by atoms with van der Waals surface area (Å²) in [5.41, 5.74) is 2.55. The highest BCUT2D eigenvalue weighted by Crippen LogP contribution is 2.33. The summed E-state index contributed by atoms with van der Waals surface area (Å²) in [7, 11) is 2.10. The molecule has 0 radical (unpaired) electrons. The second-order valence-corrected chi connectivity index (χ2v) is 7.14. The number of benzene rings is 2. The third-order valence-corrected chi connectivity index (χ3v) is 5.01. The van der Waals surface area contributed by atoms with Crippen molar-refractivity contribution in [3.05, 3.63) is 71.8 Å². The van der Waals surface area contributed by atoms with Crippen LogP contribution in [0.15, 0.2) is 65.7 Å². The summed E-state index contributed by atoms with van der Waals surface area (Å²) in [6.45, 7) is 5.44. The van der Waals surface area contributed by atoms with Gasteiger partial charge in [0.15, 0.2) is 5.96 Å². The second kappa shape index (κ2) is 12.1. The molecule has 0 spiro atoms. The topological polar surface area (TPSA) is 36.9 Å². The molecule has 2 atom stereocenters. The highest BCUT2D eigenvalue weighted by Gasteiger charge is 2.27. The zero-order chi connectivity index (χ0) is 18.9. The Balaban J connectivity index is 0.00000280. The van der Waals surface area contributed by atoms with Gasteiger partial charge in [-0.15, -0.1) is 24.0 Å². The van der Waals surface area contributed by atoms with E-state index in [4.69, 9.17) is 9.73 Å². The van der Waals surface area contributed by atoms with E-state index in [9.17, 15) is 0 Å².